The van der Waals surface area contributed by atoms with Crippen molar-refractivity contribution in [2.75, 3.05) is 38.5 Å². The fourth-order valence-corrected chi connectivity index (χ4v) is 3.64. The van der Waals surface area contributed by atoms with Crippen LogP contribution in [-0.4, -0.2) is 66.1 Å². The Morgan fingerprint density at radius 2 is 1.80 bits per heavy atom. The monoisotopic (exact) mass is 383 g/mol. The molecule has 1 aromatic carbocycles. The molecule has 1 heterocycles. The lowest BCUT2D eigenvalue weighted by Gasteiger charge is -2.34. The van der Waals surface area contributed by atoms with Gasteiger partial charge in [-0.05, 0) is 38.1 Å². The number of rotatable bonds is 7. The third-order valence-corrected chi connectivity index (χ3v) is 5.21. The van der Waals surface area contributed by atoms with Gasteiger partial charge in [0.25, 0.3) is 0 Å². The Bertz CT molecular complexity index is 572. The summed E-state index contributed by atoms with van der Waals surface area (Å²) in [6.07, 6.45) is 0.529. The second kappa shape index (κ2) is 10.0. The van der Waals surface area contributed by atoms with Crippen molar-refractivity contribution in [1.29, 1.82) is 0 Å². The number of halogens is 1. The highest BCUT2D eigenvalue weighted by Crippen LogP contribution is 2.21. The first-order valence-electron chi connectivity index (χ1n) is 8.62. The molecule has 1 fully saturated rings. The van der Waals surface area contributed by atoms with Gasteiger partial charge in [-0.3, -0.25) is 14.5 Å². The normalized spacial score (nSPS) is 15.4. The van der Waals surface area contributed by atoms with Gasteiger partial charge >= 0.3 is 0 Å². The van der Waals surface area contributed by atoms with Gasteiger partial charge in [-0.2, -0.15) is 0 Å². The van der Waals surface area contributed by atoms with Crippen molar-refractivity contribution in [3.05, 3.63) is 29.3 Å². The zero-order chi connectivity index (χ0) is 18.2. The van der Waals surface area contributed by atoms with Crippen LogP contribution >= 0.6 is 23.4 Å². The average Bonchev–Trinajstić information content (AvgIpc) is 2.56. The van der Waals surface area contributed by atoms with Gasteiger partial charge in [0.15, 0.2) is 0 Å². The summed E-state index contributed by atoms with van der Waals surface area (Å²) in [5.74, 6) is 0.999. The molecule has 1 saturated heterocycles. The first kappa shape index (κ1) is 20.1. The number of amides is 2. The van der Waals surface area contributed by atoms with Crippen LogP contribution in [0.1, 0.15) is 20.3 Å². The highest BCUT2D eigenvalue weighted by Gasteiger charge is 2.22. The van der Waals surface area contributed by atoms with E-state index in [1.165, 1.54) is 0 Å². The van der Waals surface area contributed by atoms with Crippen LogP contribution in [0.4, 0.5) is 0 Å². The Morgan fingerprint density at radius 1 is 1.16 bits per heavy atom. The standard InChI is InChI=1S/C18H26ClN3O2S/c1-14(2)20-17(23)13-21-8-10-22(11-9-21)18(24)7-12-25-16-5-3-15(19)4-6-16/h3-6,14H,7-13H2,1-2H3,(H,20,23). The smallest absolute Gasteiger partial charge is 0.234 e. The van der Waals surface area contributed by atoms with E-state index in [0.29, 0.717) is 26.1 Å². The van der Waals surface area contributed by atoms with E-state index in [-0.39, 0.29) is 17.9 Å². The summed E-state index contributed by atoms with van der Waals surface area (Å²) in [5, 5.41) is 3.62. The zero-order valence-corrected chi connectivity index (χ0v) is 16.4. The second-order valence-corrected chi connectivity index (χ2v) is 8.04. The maximum atomic E-state index is 12.3. The fourth-order valence-electron chi connectivity index (χ4n) is 2.67. The van der Waals surface area contributed by atoms with Crippen LogP contribution in [-0.2, 0) is 9.59 Å². The van der Waals surface area contributed by atoms with Gasteiger partial charge in [0.2, 0.25) is 11.8 Å². The molecule has 0 spiro atoms. The largest absolute Gasteiger partial charge is 0.353 e. The molecule has 138 valence electrons. The van der Waals surface area contributed by atoms with Crippen molar-refractivity contribution in [1.82, 2.24) is 15.1 Å². The second-order valence-electron chi connectivity index (χ2n) is 6.43. The van der Waals surface area contributed by atoms with E-state index in [9.17, 15) is 9.59 Å². The number of piperazine rings is 1. The summed E-state index contributed by atoms with van der Waals surface area (Å²) < 4.78 is 0. The van der Waals surface area contributed by atoms with Gasteiger partial charge < -0.3 is 10.2 Å². The maximum absolute atomic E-state index is 12.3. The molecule has 0 atom stereocenters. The fraction of sp³-hybridized carbons (Fsp3) is 0.556. The number of hydrogen-bond acceptors (Lipinski definition) is 4. The Balaban J connectivity index is 1.65. The van der Waals surface area contributed by atoms with E-state index >= 15 is 0 Å². The number of carbonyl (C=O) groups is 2. The van der Waals surface area contributed by atoms with Crippen LogP contribution in [0, 0.1) is 0 Å². The van der Waals surface area contributed by atoms with Gasteiger partial charge in [-0.1, -0.05) is 11.6 Å². The predicted octanol–water partition coefficient (Wildman–Crippen LogP) is 2.49. The minimum atomic E-state index is 0.0501. The van der Waals surface area contributed by atoms with Crippen LogP contribution in [0.2, 0.25) is 5.02 Å². The van der Waals surface area contributed by atoms with E-state index in [0.717, 1.165) is 28.8 Å². The summed E-state index contributed by atoms with van der Waals surface area (Å²) in [6.45, 7) is 7.21. The summed E-state index contributed by atoms with van der Waals surface area (Å²) in [4.78, 5) is 29.2. The maximum Gasteiger partial charge on any atom is 0.234 e. The Hall–Kier alpha value is -1.24. The zero-order valence-electron chi connectivity index (χ0n) is 14.8. The van der Waals surface area contributed by atoms with Crippen LogP contribution in [0.25, 0.3) is 0 Å². The van der Waals surface area contributed by atoms with Crippen molar-refractivity contribution in [3.8, 4) is 0 Å². The number of nitrogens with zero attached hydrogens (tertiary/aromatic N) is 2. The van der Waals surface area contributed by atoms with Gasteiger partial charge in [-0.15, -0.1) is 11.8 Å². The van der Waals surface area contributed by atoms with E-state index in [1.54, 1.807) is 11.8 Å². The molecular formula is C18H26ClN3O2S. The number of hydrogen-bond donors (Lipinski definition) is 1. The van der Waals surface area contributed by atoms with Crippen molar-refractivity contribution < 1.29 is 9.59 Å². The minimum Gasteiger partial charge on any atom is -0.353 e. The molecule has 0 saturated carbocycles. The van der Waals surface area contributed by atoms with E-state index < -0.39 is 0 Å². The van der Waals surface area contributed by atoms with Crippen LogP contribution in [0.3, 0.4) is 0 Å². The lowest BCUT2D eigenvalue weighted by Crippen LogP contribution is -2.51. The van der Waals surface area contributed by atoms with Crippen molar-refractivity contribution in [2.24, 2.45) is 0 Å². The SMILES string of the molecule is CC(C)NC(=O)CN1CCN(C(=O)CCSc2ccc(Cl)cc2)CC1. The molecule has 2 rings (SSSR count). The quantitative estimate of drug-likeness (QED) is 0.735. The van der Waals surface area contributed by atoms with Gasteiger partial charge in [0.1, 0.15) is 0 Å². The molecule has 5 nitrogen and oxygen atoms in total. The molecule has 7 heteroatoms. The van der Waals surface area contributed by atoms with E-state index in [1.807, 2.05) is 43.0 Å². The minimum absolute atomic E-state index is 0.0501. The van der Waals surface area contributed by atoms with Crippen molar-refractivity contribution in [3.63, 3.8) is 0 Å². The molecule has 25 heavy (non-hydrogen) atoms. The van der Waals surface area contributed by atoms with Crippen molar-refractivity contribution >= 4 is 35.2 Å². The molecule has 0 radical (unpaired) electrons. The lowest BCUT2D eigenvalue weighted by atomic mass is 10.2. The topological polar surface area (TPSA) is 52.7 Å². The van der Waals surface area contributed by atoms with E-state index in [2.05, 4.69) is 10.2 Å². The third kappa shape index (κ3) is 7.26. The summed E-state index contributed by atoms with van der Waals surface area (Å²) in [7, 11) is 0. The van der Waals surface area contributed by atoms with Crippen LogP contribution < -0.4 is 5.32 Å². The number of carbonyl (C=O) groups excluding carboxylic acids is 2. The Morgan fingerprint density at radius 3 is 2.40 bits per heavy atom. The molecule has 0 aliphatic carbocycles. The first-order valence-corrected chi connectivity index (χ1v) is 9.98. The highest BCUT2D eigenvalue weighted by atomic mass is 35.5. The molecular weight excluding hydrogens is 358 g/mol. The Kier molecular flexibility index (Phi) is 8.06. The predicted molar refractivity (Wildman–Crippen MR) is 103 cm³/mol. The molecule has 0 unspecified atom stereocenters. The number of nitrogens with one attached hydrogen (secondary N) is 1. The van der Waals surface area contributed by atoms with Crippen LogP contribution in [0.15, 0.2) is 29.2 Å². The van der Waals surface area contributed by atoms with Gasteiger partial charge in [0.05, 0.1) is 6.54 Å². The molecule has 2 amide bonds. The highest BCUT2D eigenvalue weighted by molar-refractivity contribution is 7.99. The van der Waals surface area contributed by atoms with E-state index in [4.69, 9.17) is 11.6 Å². The van der Waals surface area contributed by atoms with Crippen molar-refractivity contribution in [2.45, 2.75) is 31.2 Å². The Labute approximate surface area is 159 Å². The molecule has 0 aromatic heterocycles. The number of thioether (sulfide) groups is 1. The summed E-state index contributed by atoms with van der Waals surface area (Å²) >= 11 is 7.53. The lowest BCUT2D eigenvalue weighted by molar-refractivity contribution is -0.132. The molecule has 1 aliphatic heterocycles. The molecule has 0 bridgehead atoms. The molecule has 1 N–H and O–H groups in total. The van der Waals surface area contributed by atoms with Crippen LogP contribution in [0.5, 0.6) is 0 Å². The number of benzene rings is 1. The molecule has 1 aliphatic rings. The average molecular weight is 384 g/mol. The summed E-state index contributed by atoms with van der Waals surface area (Å²) in [6, 6.07) is 7.82. The van der Waals surface area contributed by atoms with Gasteiger partial charge in [0, 0.05) is 54.3 Å². The summed E-state index contributed by atoms with van der Waals surface area (Å²) in [5.41, 5.74) is 0. The molecule has 1 aromatic rings. The van der Waals surface area contributed by atoms with Gasteiger partial charge in [-0.25, -0.2) is 0 Å². The first-order chi connectivity index (χ1) is 11.9. The third-order valence-electron chi connectivity index (χ3n) is 3.94.